The molecule has 0 bridgehead atoms. The zero-order valence-electron chi connectivity index (χ0n) is 14.6. The molecule has 0 aliphatic carbocycles. The minimum Gasteiger partial charge on any atom is -0.266 e. The summed E-state index contributed by atoms with van der Waals surface area (Å²) in [6, 6.07) is 4.96. The van der Waals surface area contributed by atoms with E-state index in [4.69, 9.17) is 23.2 Å². The number of carbonyl (C=O) groups is 1. The summed E-state index contributed by atoms with van der Waals surface area (Å²) in [5.41, 5.74) is -4.12. The molecular weight excluding hydrogens is 494 g/mol. The quantitative estimate of drug-likeness (QED) is 0.546. The summed E-state index contributed by atoms with van der Waals surface area (Å²) in [5.74, 6) is -4.41. The molecule has 164 valence electrons. The lowest BCUT2D eigenvalue weighted by Crippen LogP contribution is -2.33. The summed E-state index contributed by atoms with van der Waals surface area (Å²) in [4.78, 5) is 11.2. The first-order valence-corrected chi connectivity index (χ1v) is 10.1. The van der Waals surface area contributed by atoms with Gasteiger partial charge in [0, 0.05) is 10.0 Å². The fraction of sp³-hybridized carbons (Fsp3) is 0.0625. The number of nitrogens with one attached hydrogen (secondary N) is 1. The van der Waals surface area contributed by atoms with E-state index in [0.717, 1.165) is 18.2 Å². The van der Waals surface area contributed by atoms with Crippen molar-refractivity contribution in [3.8, 4) is 5.69 Å². The third-order valence-corrected chi connectivity index (χ3v) is 5.52. The smallest absolute Gasteiger partial charge is 0.266 e. The zero-order valence-corrected chi connectivity index (χ0v) is 16.9. The van der Waals surface area contributed by atoms with Gasteiger partial charge in [0.05, 0.1) is 0 Å². The van der Waals surface area contributed by atoms with Gasteiger partial charge in [0.15, 0.2) is 11.4 Å². The van der Waals surface area contributed by atoms with Crippen LogP contribution in [-0.4, -0.2) is 29.3 Å². The van der Waals surface area contributed by atoms with Crippen molar-refractivity contribution in [2.75, 3.05) is 0 Å². The summed E-state index contributed by atoms with van der Waals surface area (Å²) in [6.45, 7) is 0. The Morgan fingerprint density at radius 1 is 1.00 bits per heavy atom. The number of sulfonamides is 1. The molecule has 0 aliphatic rings. The van der Waals surface area contributed by atoms with Crippen LogP contribution in [0, 0.1) is 11.6 Å². The first-order chi connectivity index (χ1) is 14.3. The van der Waals surface area contributed by atoms with E-state index < -0.39 is 55.7 Å². The monoisotopic (exact) mass is 500 g/mol. The molecule has 0 unspecified atom stereocenters. The largest absolute Gasteiger partial charge is 0.435 e. The Labute approximate surface area is 180 Å². The Balaban J connectivity index is 2.08. The molecule has 7 nitrogen and oxygen atoms in total. The van der Waals surface area contributed by atoms with E-state index in [9.17, 15) is 35.2 Å². The van der Waals surface area contributed by atoms with Crippen LogP contribution in [0.15, 0.2) is 41.3 Å². The van der Waals surface area contributed by atoms with Gasteiger partial charge in [-0.1, -0.05) is 28.4 Å². The molecule has 0 radical (unpaired) electrons. The number of halogens is 7. The second-order valence-corrected chi connectivity index (χ2v) is 8.33. The third kappa shape index (κ3) is 4.62. The van der Waals surface area contributed by atoms with Crippen molar-refractivity contribution in [2.45, 2.75) is 11.1 Å². The second-order valence-electron chi connectivity index (χ2n) is 5.80. The number of hydrogen-bond acceptors (Lipinski definition) is 5. The molecular formula is C16H7Cl2F5N4O3S. The van der Waals surface area contributed by atoms with Crippen molar-refractivity contribution in [3.63, 3.8) is 0 Å². The van der Waals surface area contributed by atoms with Crippen molar-refractivity contribution in [2.24, 2.45) is 0 Å². The molecule has 1 heterocycles. The number of aromatic nitrogens is 3. The van der Waals surface area contributed by atoms with E-state index in [1.807, 2.05) is 0 Å². The molecule has 0 fully saturated rings. The van der Waals surface area contributed by atoms with Gasteiger partial charge in [0.25, 0.3) is 15.9 Å². The van der Waals surface area contributed by atoms with E-state index in [1.165, 1.54) is 4.72 Å². The number of benzene rings is 2. The van der Waals surface area contributed by atoms with Gasteiger partial charge >= 0.3 is 6.18 Å². The average molecular weight is 501 g/mol. The average Bonchev–Trinajstić information content (AvgIpc) is 3.08. The van der Waals surface area contributed by atoms with Crippen LogP contribution in [0.4, 0.5) is 22.0 Å². The molecule has 31 heavy (non-hydrogen) atoms. The molecule has 0 spiro atoms. The number of alkyl halides is 3. The van der Waals surface area contributed by atoms with Crippen molar-refractivity contribution >= 4 is 39.1 Å². The minimum atomic E-state index is -5.31. The van der Waals surface area contributed by atoms with Gasteiger partial charge in [-0.3, -0.25) is 4.79 Å². The predicted molar refractivity (Wildman–Crippen MR) is 97.4 cm³/mol. The Bertz CT molecular complexity index is 1290. The van der Waals surface area contributed by atoms with Crippen molar-refractivity contribution < 1.29 is 35.2 Å². The van der Waals surface area contributed by atoms with Gasteiger partial charge in [0.2, 0.25) is 0 Å². The number of rotatable bonds is 4. The lowest BCUT2D eigenvalue weighted by atomic mass is 10.2. The van der Waals surface area contributed by atoms with E-state index in [1.54, 1.807) is 0 Å². The van der Waals surface area contributed by atoms with Crippen LogP contribution >= 0.6 is 23.2 Å². The summed E-state index contributed by atoms with van der Waals surface area (Å²) in [7, 11) is -4.99. The predicted octanol–water partition coefficient (Wildman–Crippen LogP) is 3.99. The molecule has 1 N–H and O–H groups in total. The highest BCUT2D eigenvalue weighted by molar-refractivity contribution is 7.90. The first-order valence-electron chi connectivity index (χ1n) is 7.82. The Kier molecular flexibility index (Phi) is 5.95. The van der Waals surface area contributed by atoms with Crippen LogP contribution in [0.25, 0.3) is 5.69 Å². The Morgan fingerprint density at radius 3 is 2.23 bits per heavy atom. The summed E-state index contributed by atoms with van der Waals surface area (Å²) in [6.07, 6.45) is -5.31. The van der Waals surface area contributed by atoms with E-state index in [2.05, 4.69) is 10.3 Å². The molecule has 15 heteroatoms. The van der Waals surface area contributed by atoms with Gasteiger partial charge in [-0.2, -0.15) is 13.2 Å². The van der Waals surface area contributed by atoms with Gasteiger partial charge in [0.1, 0.15) is 22.2 Å². The normalized spacial score (nSPS) is 12.1. The summed E-state index contributed by atoms with van der Waals surface area (Å²) >= 11 is 11.2. The highest BCUT2D eigenvalue weighted by Gasteiger charge is 2.43. The van der Waals surface area contributed by atoms with Crippen LogP contribution in [0.1, 0.15) is 16.2 Å². The molecule has 0 saturated heterocycles. The molecule has 1 aromatic heterocycles. The van der Waals surface area contributed by atoms with Crippen LogP contribution in [0.3, 0.4) is 0 Å². The molecule has 0 atom stereocenters. The lowest BCUT2D eigenvalue weighted by Gasteiger charge is -2.12. The minimum absolute atomic E-state index is 0.0346. The number of carbonyl (C=O) groups excluding carboxylic acids is 1. The molecule has 2 aromatic carbocycles. The first kappa shape index (κ1) is 22.9. The molecule has 0 saturated carbocycles. The van der Waals surface area contributed by atoms with Crippen molar-refractivity contribution in [1.82, 2.24) is 19.7 Å². The second kappa shape index (κ2) is 8.05. The van der Waals surface area contributed by atoms with Crippen LogP contribution in [0.2, 0.25) is 10.0 Å². The maximum absolute atomic E-state index is 14.1. The Morgan fingerprint density at radius 2 is 1.61 bits per heavy atom. The fourth-order valence-corrected chi connectivity index (χ4v) is 3.87. The molecule has 1 amide bonds. The van der Waals surface area contributed by atoms with Gasteiger partial charge < -0.3 is 0 Å². The summed E-state index contributed by atoms with van der Waals surface area (Å²) < 4.78 is 94.6. The van der Waals surface area contributed by atoms with Crippen LogP contribution in [-0.2, 0) is 16.2 Å². The maximum atomic E-state index is 14.1. The number of nitrogens with zero attached hydrogens (tertiary/aromatic N) is 3. The van der Waals surface area contributed by atoms with Gasteiger partial charge in [-0.15, -0.1) is 5.10 Å². The summed E-state index contributed by atoms with van der Waals surface area (Å²) in [5, 5.41) is 5.81. The number of hydrogen-bond donors (Lipinski definition) is 1. The topological polar surface area (TPSA) is 93.9 Å². The van der Waals surface area contributed by atoms with Crippen molar-refractivity contribution in [3.05, 3.63) is 69.5 Å². The SMILES string of the molecule is O=C(NS(=O)(=O)c1cc(Cl)ccc1F)c1nnn(-c2ccc(Cl)cc2F)c1C(F)(F)F. The Hall–Kier alpha value is -2.77. The van der Waals surface area contributed by atoms with E-state index in [-0.39, 0.29) is 14.7 Å². The molecule has 3 rings (SSSR count). The molecule has 0 aliphatic heterocycles. The highest BCUT2D eigenvalue weighted by Crippen LogP contribution is 2.34. The van der Waals surface area contributed by atoms with Crippen LogP contribution < -0.4 is 4.72 Å². The zero-order chi connectivity index (χ0) is 23.1. The van der Waals surface area contributed by atoms with Gasteiger partial charge in [-0.25, -0.2) is 26.6 Å². The number of amides is 1. The standard InChI is InChI=1S/C16H7Cl2F5N4O3S/c17-7-2-4-11(10(20)5-7)27-14(16(21,22)23)13(24-26-27)15(28)25-31(29,30)12-6-8(18)1-3-9(12)19/h1-6H,(H,25,28). The third-order valence-electron chi connectivity index (χ3n) is 3.70. The van der Waals surface area contributed by atoms with Crippen LogP contribution in [0.5, 0.6) is 0 Å². The van der Waals surface area contributed by atoms with E-state index >= 15 is 0 Å². The lowest BCUT2D eigenvalue weighted by molar-refractivity contribution is -0.143. The molecule has 3 aromatic rings. The highest BCUT2D eigenvalue weighted by atomic mass is 35.5. The van der Waals surface area contributed by atoms with E-state index in [0.29, 0.717) is 18.2 Å². The fourth-order valence-electron chi connectivity index (χ4n) is 2.42. The van der Waals surface area contributed by atoms with Crippen molar-refractivity contribution in [1.29, 1.82) is 0 Å². The maximum Gasteiger partial charge on any atom is 0.435 e. The van der Waals surface area contributed by atoms with Gasteiger partial charge in [-0.05, 0) is 36.4 Å².